The number of alkyl halides is 2. The van der Waals surface area contributed by atoms with Gasteiger partial charge in [0.25, 0.3) is 0 Å². The number of nitrogens with zero attached hydrogens (tertiary/aromatic N) is 4. The fraction of sp³-hybridized carbons (Fsp3) is 0.957. The number of amides is 1. The Morgan fingerprint density at radius 3 is 1.70 bits per heavy atom. The van der Waals surface area contributed by atoms with Crippen LogP contribution in [0.5, 0.6) is 0 Å². The molecule has 1 amide bonds. The highest BCUT2D eigenvalue weighted by Gasteiger charge is 2.54. The first kappa shape index (κ1) is 44.0. The molecule has 0 aliphatic heterocycles. The molecule has 60 heavy (non-hydrogen) atoms. The van der Waals surface area contributed by atoms with Crippen molar-refractivity contribution in [1.29, 1.82) is 0 Å². The average molecular weight is 874 g/mol. The fourth-order valence-electron chi connectivity index (χ4n) is 14.6. The third-order valence-electron chi connectivity index (χ3n) is 17.9. The molecule has 20 atom stereocenters. The quantitative estimate of drug-likeness (QED) is 0.0976. The highest BCUT2D eigenvalue weighted by atomic mass is 35.5. The monoisotopic (exact) mass is 873 g/mol. The minimum atomic E-state index is -0.857. The fourth-order valence-corrected chi connectivity index (χ4v) is 15.3. The van der Waals surface area contributed by atoms with Crippen molar-refractivity contribution in [3.05, 3.63) is 0 Å². The van der Waals surface area contributed by atoms with E-state index in [-0.39, 0.29) is 76.6 Å². The summed E-state index contributed by atoms with van der Waals surface area (Å²) in [5.41, 5.74) is 3.24. The summed E-state index contributed by atoms with van der Waals surface area (Å²) in [7, 11) is 0. The van der Waals surface area contributed by atoms with Crippen molar-refractivity contribution in [2.75, 3.05) is 6.61 Å². The lowest BCUT2D eigenvalue weighted by Gasteiger charge is -2.45. The zero-order valence-corrected chi connectivity index (χ0v) is 37.4. The van der Waals surface area contributed by atoms with Gasteiger partial charge in [0, 0.05) is 29.8 Å². The summed E-state index contributed by atoms with van der Waals surface area (Å²) < 4.78 is 0. The zero-order chi connectivity index (χ0) is 41.3. The number of halogens is 2. The summed E-state index contributed by atoms with van der Waals surface area (Å²) in [5, 5.41) is 46.7. The first-order valence-electron chi connectivity index (χ1n) is 24.9. The summed E-state index contributed by atoms with van der Waals surface area (Å²) in [5.74, 6) is 2.16. The number of aliphatic hydroxyl groups is 2. The lowest BCUT2D eigenvalue weighted by molar-refractivity contribution is -0.135. The number of nitrogens with one attached hydrogen (secondary N) is 2. The van der Waals surface area contributed by atoms with Crippen LogP contribution in [0.4, 0.5) is 0 Å². The molecular weight excluding hydrogens is 799 g/mol. The molecule has 0 aromatic heterocycles. The van der Waals surface area contributed by atoms with E-state index >= 15 is 0 Å². The Bertz CT molecular complexity index is 1540. The standard InChI is InChI=1S/C47H74Cl2N6O5/c48-38-13-5-7-15-40(38)50-47(59)37-22-27-10-2-4-12-32(27)43(46(37)58)54-52-30-18-20-34-33-19-17-29(23-35(33)45(57)36(34)24-30)51-53-42-31-11-3-1-9-26(31)21-28(44(42)56)25-60-55-41-16-8-6-14-39(41)49/h26-44,46,55-56,58H,1-25H2,(H,50,59). The summed E-state index contributed by atoms with van der Waals surface area (Å²) >= 11 is 13.2. The van der Waals surface area contributed by atoms with Crippen LogP contribution < -0.4 is 10.8 Å². The van der Waals surface area contributed by atoms with Crippen LogP contribution in [0.2, 0.25) is 0 Å². The summed E-state index contributed by atoms with van der Waals surface area (Å²) in [4.78, 5) is 34.0. The van der Waals surface area contributed by atoms with Crippen LogP contribution in [-0.4, -0.2) is 87.7 Å². The zero-order valence-electron chi connectivity index (χ0n) is 35.9. The molecule has 336 valence electrons. The highest BCUT2D eigenvalue weighted by molar-refractivity contribution is 6.21. The number of aliphatic hydroxyl groups excluding tert-OH is 2. The molecular formula is C47H74Cl2N6O5. The number of carbonyl (C=O) groups is 2. The summed E-state index contributed by atoms with van der Waals surface area (Å²) in [6.45, 7) is 0.456. The Hall–Kier alpha value is -1.24. The molecule has 0 spiro atoms. The van der Waals surface area contributed by atoms with Gasteiger partial charge in [0.15, 0.2) is 0 Å². The number of azo groups is 2. The smallest absolute Gasteiger partial charge is 0.226 e. The van der Waals surface area contributed by atoms with E-state index in [0.29, 0.717) is 48.4 Å². The number of Topliss-reactive ketones (excluding diaryl/α,β-unsaturated/α-hetero) is 1. The minimum Gasteiger partial charge on any atom is -0.390 e. The van der Waals surface area contributed by atoms with Crippen molar-refractivity contribution >= 4 is 34.9 Å². The van der Waals surface area contributed by atoms with Crippen LogP contribution in [0.1, 0.15) is 154 Å². The molecule has 20 unspecified atom stereocenters. The van der Waals surface area contributed by atoms with E-state index < -0.39 is 18.1 Å². The number of hydrogen-bond donors (Lipinski definition) is 4. The van der Waals surface area contributed by atoms with Gasteiger partial charge < -0.3 is 20.4 Å². The topological polar surface area (TPSA) is 157 Å². The van der Waals surface area contributed by atoms with Crippen molar-refractivity contribution in [3.63, 3.8) is 0 Å². The summed E-state index contributed by atoms with van der Waals surface area (Å²) in [6, 6.07) is -0.491. The largest absolute Gasteiger partial charge is 0.390 e. The van der Waals surface area contributed by atoms with E-state index in [1.807, 2.05) is 0 Å². The Kier molecular flexibility index (Phi) is 14.6. The van der Waals surface area contributed by atoms with Gasteiger partial charge in [0.05, 0.1) is 47.6 Å². The summed E-state index contributed by atoms with van der Waals surface area (Å²) in [6.07, 6.45) is 23.0. The molecule has 0 aromatic carbocycles. The van der Waals surface area contributed by atoms with Gasteiger partial charge in [-0.2, -0.15) is 25.9 Å². The molecule has 0 saturated heterocycles. The predicted molar refractivity (Wildman–Crippen MR) is 232 cm³/mol. The van der Waals surface area contributed by atoms with Crippen LogP contribution in [-0.2, 0) is 14.4 Å². The molecule has 0 bridgehead atoms. The van der Waals surface area contributed by atoms with Crippen LogP contribution in [0.15, 0.2) is 20.5 Å². The van der Waals surface area contributed by atoms with Crippen LogP contribution in [0.3, 0.4) is 0 Å². The van der Waals surface area contributed by atoms with Crippen LogP contribution in [0.25, 0.3) is 0 Å². The Morgan fingerprint density at radius 1 is 0.583 bits per heavy atom. The second-order valence-electron chi connectivity index (χ2n) is 21.3. The first-order chi connectivity index (χ1) is 29.2. The Morgan fingerprint density at radius 2 is 1.10 bits per heavy atom. The molecule has 9 aliphatic carbocycles. The van der Waals surface area contributed by atoms with Gasteiger partial charge in [-0.1, -0.05) is 64.2 Å². The average Bonchev–Trinajstić information content (AvgIpc) is 3.54. The highest BCUT2D eigenvalue weighted by Crippen LogP contribution is 2.54. The number of fused-ring (bicyclic) bond motifs is 5. The van der Waals surface area contributed by atoms with Gasteiger partial charge in [0.2, 0.25) is 5.91 Å². The SMILES string of the molecule is O=C(NC1CCCCC1Cl)C1CC2CCCCC2C(N=NC2CCC3C(C2)C(=O)C2CC(N=NC4C(O)C(CONC5CCCCC5Cl)CC5CCCCC54)CCC23)C1O. The van der Waals surface area contributed by atoms with E-state index in [1.54, 1.807) is 0 Å². The number of carbonyl (C=O) groups excluding carboxylic acids is 2. The maximum Gasteiger partial charge on any atom is 0.226 e. The number of ketones is 1. The Balaban J connectivity index is 0.808. The normalized spacial score (nSPS) is 48.6. The number of rotatable bonds is 10. The van der Waals surface area contributed by atoms with Crippen molar-refractivity contribution in [3.8, 4) is 0 Å². The predicted octanol–water partition coefficient (Wildman–Crippen LogP) is 8.89. The van der Waals surface area contributed by atoms with Crippen molar-refractivity contribution in [2.24, 2.45) is 79.6 Å². The van der Waals surface area contributed by atoms with E-state index in [4.69, 9.17) is 48.5 Å². The van der Waals surface area contributed by atoms with E-state index in [0.717, 1.165) is 122 Å². The lowest BCUT2D eigenvalue weighted by Crippen LogP contribution is -2.55. The minimum absolute atomic E-state index is 0.00448. The van der Waals surface area contributed by atoms with Gasteiger partial charge in [-0.15, -0.1) is 23.2 Å². The molecule has 0 radical (unpaired) electrons. The van der Waals surface area contributed by atoms with E-state index in [9.17, 15) is 19.8 Å². The second-order valence-corrected chi connectivity index (χ2v) is 22.4. The van der Waals surface area contributed by atoms with Crippen LogP contribution in [0, 0.1) is 59.2 Å². The third-order valence-corrected chi connectivity index (χ3v) is 18.9. The first-order valence-corrected chi connectivity index (χ1v) is 25.8. The van der Waals surface area contributed by atoms with Crippen molar-refractivity contribution in [2.45, 2.75) is 213 Å². The van der Waals surface area contributed by atoms with Crippen LogP contribution >= 0.6 is 23.2 Å². The van der Waals surface area contributed by atoms with Gasteiger partial charge in [-0.05, 0) is 125 Å². The second kappa shape index (κ2) is 19.9. The molecule has 11 nitrogen and oxygen atoms in total. The number of hydroxylamine groups is 1. The molecule has 0 aromatic rings. The van der Waals surface area contributed by atoms with E-state index in [1.165, 1.54) is 25.7 Å². The molecule has 9 saturated carbocycles. The maximum absolute atomic E-state index is 14.2. The van der Waals surface area contributed by atoms with Gasteiger partial charge in [-0.3, -0.25) is 9.59 Å². The molecule has 9 fully saturated rings. The van der Waals surface area contributed by atoms with Gasteiger partial charge in [0.1, 0.15) is 17.9 Å². The van der Waals surface area contributed by atoms with Crippen molar-refractivity contribution in [1.82, 2.24) is 10.8 Å². The molecule has 13 heteroatoms. The van der Waals surface area contributed by atoms with Gasteiger partial charge >= 0.3 is 0 Å². The maximum atomic E-state index is 14.2. The molecule has 4 N–H and O–H groups in total. The van der Waals surface area contributed by atoms with Gasteiger partial charge in [-0.25, -0.2) is 0 Å². The third kappa shape index (κ3) is 9.44. The number of hydrogen-bond acceptors (Lipinski definition) is 10. The lowest BCUT2D eigenvalue weighted by atomic mass is 9.64. The van der Waals surface area contributed by atoms with Crippen molar-refractivity contribution < 1.29 is 24.6 Å². The van der Waals surface area contributed by atoms with E-state index in [2.05, 4.69) is 10.8 Å². The molecule has 0 heterocycles. The molecule has 9 aliphatic rings. The molecule has 9 rings (SSSR count). The Labute approximate surface area is 368 Å².